The summed E-state index contributed by atoms with van der Waals surface area (Å²) in [6.07, 6.45) is 0. The molecule has 0 fully saturated rings. The first-order valence-corrected chi connectivity index (χ1v) is 5.42. The predicted molar refractivity (Wildman–Crippen MR) is 61.4 cm³/mol. The molecule has 2 atom stereocenters. The van der Waals surface area contributed by atoms with E-state index in [-0.39, 0.29) is 0 Å². The van der Waals surface area contributed by atoms with Crippen molar-refractivity contribution in [3.63, 3.8) is 0 Å². The first kappa shape index (κ1) is 13.9. The van der Waals surface area contributed by atoms with E-state index in [1.807, 2.05) is 0 Å². The van der Waals surface area contributed by atoms with E-state index in [1.54, 1.807) is 7.11 Å². The van der Waals surface area contributed by atoms with Crippen LogP contribution >= 0.6 is 0 Å². The maximum atomic E-state index is 5.78. The second-order valence-electron chi connectivity index (χ2n) is 4.57. The zero-order chi connectivity index (χ0) is 11.1. The Kier molecular flexibility index (Phi) is 7.15. The van der Waals surface area contributed by atoms with Gasteiger partial charge in [-0.2, -0.15) is 0 Å². The molecule has 0 bridgehead atoms. The van der Waals surface area contributed by atoms with E-state index < -0.39 is 0 Å². The lowest BCUT2D eigenvalue weighted by atomic mass is 10.0. The van der Waals surface area contributed by atoms with Gasteiger partial charge in [-0.1, -0.05) is 20.8 Å². The number of methoxy groups -OCH3 is 1. The number of likely N-dealkylation sites (N-methyl/N-ethyl adjacent to an activating group) is 1. The summed E-state index contributed by atoms with van der Waals surface area (Å²) in [7, 11) is 3.89. The molecule has 0 amide bonds. The van der Waals surface area contributed by atoms with Crippen molar-refractivity contribution in [3.8, 4) is 0 Å². The summed E-state index contributed by atoms with van der Waals surface area (Å²) < 4.78 is 5.16. The van der Waals surface area contributed by atoms with Crippen LogP contribution in [0, 0.1) is 11.8 Å². The van der Waals surface area contributed by atoms with Gasteiger partial charge in [-0.25, -0.2) is 0 Å². The fourth-order valence-corrected chi connectivity index (χ4v) is 1.93. The average Bonchev–Trinajstić information content (AvgIpc) is 2.04. The van der Waals surface area contributed by atoms with Crippen molar-refractivity contribution in [2.45, 2.75) is 26.8 Å². The summed E-state index contributed by atoms with van der Waals surface area (Å²) >= 11 is 0. The SMILES string of the molecule is COCC(C)C(CN)N(C)CC(C)C. The maximum Gasteiger partial charge on any atom is 0.0503 e. The Morgan fingerprint density at radius 3 is 2.21 bits per heavy atom. The lowest BCUT2D eigenvalue weighted by Crippen LogP contribution is -2.45. The van der Waals surface area contributed by atoms with Gasteiger partial charge in [0.25, 0.3) is 0 Å². The molecule has 0 aliphatic rings. The van der Waals surface area contributed by atoms with Gasteiger partial charge in [-0.05, 0) is 18.9 Å². The van der Waals surface area contributed by atoms with Gasteiger partial charge < -0.3 is 15.4 Å². The van der Waals surface area contributed by atoms with Gasteiger partial charge >= 0.3 is 0 Å². The van der Waals surface area contributed by atoms with Crippen molar-refractivity contribution < 1.29 is 4.74 Å². The lowest BCUT2D eigenvalue weighted by molar-refractivity contribution is 0.0930. The standard InChI is InChI=1S/C11H26N2O/c1-9(2)7-13(4)11(6-12)10(3)8-14-5/h9-11H,6-8,12H2,1-5H3. The van der Waals surface area contributed by atoms with Gasteiger partial charge in [0.2, 0.25) is 0 Å². The van der Waals surface area contributed by atoms with Gasteiger partial charge in [-0.15, -0.1) is 0 Å². The first-order valence-electron chi connectivity index (χ1n) is 5.42. The van der Waals surface area contributed by atoms with E-state index in [0.717, 1.165) is 13.2 Å². The summed E-state index contributed by atoms with van der Waals surface area (Å²) in [6.45, 7) is 9.22. The highest BCUT2D eigenvalue weighted by Crippen LogP contribution is 2.10. The minimum Gasteiger partial charge on any atom is -0.384 e. The van der Waals surface area contributed by atoms with Gasteiger partial charge in [0.15, 0.2) is 0 Å². The van der Waals surface area contributed by atoms with E-state index in [1.165, 1.54) is 0 Å². The molecule has 3 nitrogen and oxygen atoms in total. The summed E-state index contributed by atoms with van der Waals surface area (Å²) in [4.78, 5) is 2.34. The molecule has 0 aliphatic carbocycles. The highest BCUT2D eigenvalue weighted by atomic mass is 16.5. The summed E-state index contributed by atoms with van der Waals surface area (Å²) in [5.41, 5.74) is 5.78. The number of nitrogens with zero attached hydrogens (tertiary/aromatic N) is 1. The maximum absolute atomic E-state index is 5.78. The summed E-state index contributed by atoms with van der Waals surface area (Å²) in [5, 5.41) is 0. The molecule has 14 heavy (non-hydrogen) atoms. The third kappa shape index (κ3) is 4.94. The minimum absolute atomic E-state index is 0.428. The Balaban J connectivity index is 4.09. The number of hydrogen-bond acceptors (Lipinski definition) is 3. The fraction of sp³-hybridized carbons (Fsp3) is 1.00. The van der Waals surface area contributed by atoms with Crippen molar-refractivity contribution in [3.05, 3.63) is 0 Å². The Hall–Kier alpha value is -0.120. The van der Waals surface area contributed by atoms with Gasteiger partial charge in [0.05, 0.1) is 6.61 Å². The molecule has 0 aromatic rings. The molecule has 0 rings (SSSR count). The van der Waals surface area contributed by atoms with Crippen LogP contribution in [0.5, 0.6) is 0 Å². The topological polar surface area (TPSA) is 38.5 Å². The quantitative estimate of drug-likeness (QED) is 0.674. The van der Waals surface area contributed by atoms with E-state index in [2.05, 4.69) is 32.7 Å². The molecular weight excluding hydrogens is 176 g/mol. The highest BCUT2D eigenvalue weighted by molar-refractivity contribution is 4.76. The Labute approximate surface area is 88.6 Å². The van der Waals surface area contributed by atoms with Crippen LogP contribution in [0.1, 0.15) is 20.8 Å². The van der Waals surface area contributed by atoms with E-state index in [0.29, 0.717) is 24.4 Å². The second kappa shape index (κ2) is 7.21. The van der Waals surface area contributed by atoms with Crippen LogP contribution in [0.25, 0.3) is 0 Å². The van der Waals surface area contributed by atoms with E-state index in [9.17, 15) is 0 Å². The largest absolute Gasteiger partial charge is 0.384 e. The van der Waals surface area contributed by atoms with Crippen LogP contribution in [0.15, 0.2) is 0 Å². The van der Waals surface area contributed by atoms with Gasteiger partial charge in [-0.3, -0.25) is 0 Å². The molecule has 0 saturated heterocycles. The molecule has 3 heteroatoms. The minimum atomic E-state index is 0.428. The molecule has 0 spiro atoms. The smallest absolute Gasteiger partial charge is 0.0503 e. The number of ether oxygens (including phenoxy) is 1. The average molecular weight is 202 g/mol. The van der Waals surface area contributed by atoms with Gasteiger partial charge in [0, 0.05) is 26.2 Å². The Morgan fingerprint density at radius 2 is 1.86 bits per heavy atom. The lowest BCUT2D eigenvalue weighted by Gasteiger charge is -2.32. The van der Waals surface area contributed by atoms with Crippen molar-refractivity contribution in [1.82, 2.24) is 4.90 Å². The number of hydrogen-bond donors (Lipinski definition) is 1. The number of rotatable bonds is 7. The number of nitrogens with two attached hydrogens (primary N) is 1. The summed E-state index contributed by atoms with van der Waals surface area (Å²) in [5.74, 6) is 1.18. The molecule has 0 saturated carbocycles. The molecule has 0 heterocycles. The van der Waals surface area contributed by atoms with Crippen LogP contribution in [0.3, 0.4) is 0 Å². The zero-order valence-electron chi connectivity index (χ0n) is 10.3. The zero-order valence-corrected chi connectivity index (χ0v) is 10.3. The molecule has 0 aromatic heterocycles. The van der Waals surface area contributed by atoms with Crippen LogP contribution in [-0.2, 0) is 4.74 Å². The molecule has 0 aliphatic heterocycles. The fourth-order valence-electron chi connectivity index (χ4n) is 1.93. The monoisotopic (exact) mass is 202 g/mol. The van der Waals surface area contributed by atoms with Crippen molar-refractivity contribution in [1.29, 1.82) is 0 Å². The highest BCUT2D eigenvalue weighted by Gasteiger charge is 2.20. The Bertz CT molecular complexity index is 139. The molecule has 2 unspecified atom stereocenters. The predicted octanol–water partition coefficient (Wildman–Crippen LogP) is 1.18. The van der Waals surface area contributed by atoms with Crippen LogP contribution in [0.2, 0.25) is 0 Å². The molecule has 2 N–H and O–H groups in total. The van der Waals surface area contributed by atoms with Crippen molar-refractivity contribution >= 4 is 0 Å². The van der Waals surface area contributed by atoms with Gasteiger partial charge in [0.1, 0.15) is 0 Å². The Morgan fingerprint density at radius 1 is 1.29 bits per heavy atom. The van der Waals surface area contributed by atoms with Crippen LogP contribution in [-0.4, -0.2) is 44.8 Å². The normalized spacial score (nSPS) is 16.3. The molecule has 0 aromatic carbocycles. The molecule has 0 radical (unpaired) electrons. The second-order valence-corrected chi connectivity index (χ2v) is 4.57. The first-order chi connectivity index (χ1) is 6.52. The molecular formula is C11H26N2O. The van der Waals surface area contributed by atoms with Crippen LogP contribution in [0.4, 0.5) is 0 Å². The van der Waals surface area contributed by atoms with Crippen molar-refractivity contribution in [2.24, 2.45) is 17.6 Å². The molecule has 86 valence electrons. The summed E-state index contributed by atoms with van der Waals surface area (Å²) in [6, 6.07) is 0.428. The van der Waals surface area contributed by atoms with E-state index in [4.69, 9.17) is 10.5 Å². The van der Waals surface area contributed by atoms with Crippen LogP contribution < -0.4 is 5.73 Å². The van der Waals surface area contributed by atoms with E-state index >= 15 is 0 Å². The van der Waals surface area contributed by atoms with Crippen molar-refractivity contribution in [2.75, 3.05) is 33.9 Å². The third-order valence-corrected chi connectivity index (χ3v) is 2.55. The third-order valence-electron chi connectivity index (χ3n) is 2.55.